The van der Waals surface area contributed by atoms with Gasteiger partial charge in [0.15, 0.2) is 5.78 Å². The summed E-state index contributed by atoms with van der Waals surface area (Å²) < 4.78 is 27.1. The average Bonchev–Trinajstić information content (AvgIpc) is 3.47. The van der Waals surface area contributed by atoms with Gasteiger partial charge in [-0.05, 0) is 56.7 Å². The summed E-state index contributed by atoms with van der Waals surface area (Å²) in [5, 5.41) is 14.4. The second kappa shape index (κ2) is 13.1. The summed E-state index contributed by atoms with van der Waals surface area (Å²) in [4.78, 5) is 41.6. The molecule has 0 spiro atoms. The minimum Gasteiger partial charge on any atom is -0.490 e. The number of ketones is 1. The van der Waals surface area contributed by atoms with Crippen LogP contribution in [-0.4, -0.2) is 51.3 Å². The molecule has 1 aromatic heterocycles. The molecule has 0 fully saturated rings. The Balaban J connectivity index is 1.60. The lowest BCUT2D eigenvalue weighted by atomic mass is 10.0. The molecule has 11 heteroatoms. The van der Waals surface area contributed by atoms with Gasteiger partial charge < -0.3 is 24.5 Å². The second-order valence-electron chi connectivity index (χ2n) is 10.3. The molecule has 3 aromatic carbocycles. The molecule has 218 valence electrons. The zero-order chi connectivity index (χ0) is 30.3. The van der Waals surface area contributed by atoms with Gasteiger partial charge in [0.1, 0.15) is 18.2 Å². The van der Waals surface area contributed by atoms with E-state index >= 15 is 0 Å². The lowest BCUT2D eigenvalue weighted by Gasteiger charge is -2.21. The van der Waals surface area contributed by atoms with Crippen LogP contribution < -0.4 is 15.4 Å². The quantitative estimate of drug-likeness (QED) is 0.111. The fraction of sp³-hybridized carbons (Fsp3) is 0.226. The van der Waals surface area contributed by atoms with Crippen LogP contribution in [-0.2, 0) is 9.53 Å². The van der Waals surface area contributed by atoms with E-state index in [1.807, 2.05) is 20.8 Å². The number of benzene rings is 3. The Morgan fingerprint density at radius 3 is 2.38 bits per heavy atom. The zero-order valence-electron chi connectivity index (χ0n) is 23.4. The standard InChI is InChI=1S/C31H31FN4O6/c1-31(2,3)42-14-13-41-28-17-26(35-30(39)40)25(16-24(28)20-7-9-22(32)10-8-20)34-29(38)18-27(37)21-5-4-6-23(15-21)36-12-11-33-19-36/h4-12,15-17,19,35H,13-14,18H2,1-3H3,(H,34,38)(H,39,40). The molecule has 2 amide bonds. The third-order valence-corrected chi connectivity index (χ3v) is 5.96. The van der Waals surface area contributed by atoms with E-state index in [1.165, 1.54) is 36.4 Å². The number of nitrogens with one attached hydrogen (secondary N) is 2. The molecule has 10 nitrogen and oxygen atoms in total. The summed E-state index contributed by atoms with van der Waals surface area (Å²) in [6, 6.07) is 15.3. The first-order chi connectivity index (χ1) is 20.0. The SMILES string of the molecule is CC(C)(C)OCCOc1cc(NC(=O)O)c(NC(=O)CC(=O)c2cccc(-n3ccnc3)c2)cc1-c1ccc(F)cc1. The Morgan fingerprint density at radius 2 is 1.71 bits per heavy atom. The van der Waals surface area contributed by atoms with Crippen molar-refractivity contribution in [1.82, 2.24) is 9.55 Å². The summed E-state index contributed by atoms with van der Waals surface area (Å²) in [5.41, 5.74) is 1.81. The van der Waals surface area contributed by atoms with Gasteiger partial charge in [0, 0.05) is 35.3 Å². The minimum absolute atomic E-state index is 0.0306. The van der Waals surface area contributed by atoms with Crippen molar-refractivity contribution in [3.63, 3.8) is 0 Å². The summed E-state index contributed by atoms with van der Waals surface area (Å²) in [6.45, 7) is 6.13. The number of nitrogens with zero attached hydrogens (tertiary/aromatic N) is 2. The highest BCUT2D eigenvalue weighted by Crippen LogP contribution is 2.38. The van der Waals surface area contributed by atoms with Gasteiger partial charge in [-0.2, -0.15) is 0 Å². The normalized spacial score (nSPS) is 11.1. The predicted molar refractivity (Wildman–Crippen MR) is 156 cm³/mol. The molecular formula is C31H31FN4O6. The lowest BCUT2D eigenvalue weighted by molar-refractivity contribution is -0.115. The van der Waals surface area contributed by atoms with Gasteiger partial charge in [0.25, 0.3) is 0 Å². The van der Waals surface area contributed by atoms with Crippen LogP contribution in [0.25, 0.3) is 16.8 Å². The Bertz CT molecular complexity index is 1560. The Hall–Kier alpha value is -5.03. The Morgan fingerprint density at radius 1 is 0.976 bits per heavy atom. The molecule has 0 radical (unpaired) electrons. The van der Waals surface area contributed by atoms with Crippen molar-refractivity contribution in [1.29, 1.82) is 0 Å². The van der Waals surface area contributed by atoms with E-state index < -0.39 is 30.0 Å². The molecule has 3 N–H and O–H groups in total. The van der Waals surface area contributed by atoms with Crippen LogP contribution >= 0.6 is 0 Å². The number of aromatic nitrogens is 2. The van der Waals surface area contributed by atoms with Crippen LogP contribution in [0.1, 0.15) is 37.6 Å². The molecule has 0 aliphatic heterocycles. The number of hydrogen-bond acceptors (Lipinski definition) is 6. The van der Waals surface area contributed by atoms with Crippen LogP contribution in [0.4, 0.5) is 20.6 Å². The molecule has 0 saturated heterocycles. The van der Waals surface area contributed by atoms with E-state index in [4.69, 9.17) is 9.47 Å². The van der Waals surface area contributed by atoms with Gasteiger partial charge in [0.2, 0.25) is 5.91 Å². The third kappa shape index (κ3) is 8.24. The maximum absolute atomic E-state index is 13.7. The first-order valence-electron chi connectivity index (χ1n) is 13.1. The van der Waals surface area contributed by atoms with E-state index in [0.717, 1.165) is 0 Å². The van der Waals surface area contributed by atoms with Crippen molar-refractivity contribution in [2.24, 2.45) is 0 Å². The van der Waals surface area contributed by atoms with E-state index in [9.17, 15) is 23.9 Å². The molecule has 4 rings (SSSR count). The van der Waals surface area contributed by atoms with Crippen molar-refractivity contribution < 1.29 is 33.4 Å². The molecule has 4 aromatic rings. The molecule has 0 atom stereocenters. The number of carbonyl (C=O) groups excluding carboxylic acids is 2. The first kappa shape index (κ1) is 29.9. The highest BCUT2D eigenvalue weighted by Gasteiger charge is 2.19. The topological polar surface area (TPSA) is 132 Å². The number of anilines is 2. The number of carboxylic acid groups (broad SMARTS) is 1. The zero-order valence-corrected chi connectivity index (χ0v) is 23.4. The van der Waals surface area contributed by atoms with Gasteiger partial charge in [-0.15, -0.1) is 0 Å². The highest BCUT2D eigenvalue weighted by atomic mass is 19.1. The molecule has 0 saturated carbocycles. The minimum atomic E-state index is -1.37. The molecule has 0 bridgehead atoms. The van der Waals surface area contributed by atoms with Crippen molar-refractivity contribution >= 4 is 29.2 Å². The van der Waals surface area contributed by atoms with Crippen molar-refractivity contribution in [2.45, 2.75) is 32.8 Å². The van der Waals surface area contributed by atoms with E-state index in [1.54, 1.807) is 47.6 Å². The van der Waals surface area contributed by atoms with Gasteiger partial charge >= 0.3 is 6.09 Å². The summed E-state index contributed by atoms with van der Waals surface area (Å²) >= 11 is 0. The number of carbonyl (C=O) groups is 3. The summed E-state index contributed by atoms with van der Waals surface area (Å²) in [5.74, 6) is -1.24. The average molecular weight is 575 g/mol. The van der Waals surface area contributed by atoms with Gasteiger partial charge in [-0.25, -0.2) is 14.2 Å². The predicted octanol–water partition coefficient (Wildman–Crippen LogP) is 6.17. The summed E-state index contributed by atoms with van der Waals surface area (Å²) in [6.07, 6.45) is 3.08. The molecule has 42 heavy (non-hydrogen) atoms. The smallest absolute Gasteiger partial charge is 0.409 e. The largest absolute Gasteiger partial charge is 0.490 e. The maximum Gasteiger partial charge on any atom is 0.409 e. The van der Waals surface area contributed by atoms with E-state index in [-0.39, 0.29) is 35.9 Å². The van der Waals surface area contributed by atoms with Gasteiger partial charge in [-0.3, -0.25) is 14.9 Å². The second-order valence-corrected chi connectivity index (χ2v) is 10.3. The molecule has 0 unspecified atom stereocenters. The number of imidazole rings is 1. The number of halogens is 1. The van der Waals surface area contributed by atoms with Crippen LogP contribution in [0.15, 0.2) is 79.4 Å². The number of rotatable bonds is 11. The van der Waals surface area contributed by atoms with Crippen LogP contribution in [0, 0.1) is 5.82 Å². The van der Waals surface area contributed by atoms with Crippen molar-refractivity contribution in [3.8, 4) is 22.6 Å². The monoisotopic (exact) mass is 574 g/mol. The van der Waals surface area contributed by atoms with E-state index in [2.05, 4.69) is 15.6 Å². The number of amides is 2. The molecule has 0 aliphatic carbocycles. The number of hydrogen-bond donors (Lipinski definition) is 3. The van der Waals surface area contributed by atoms with Crippen LogP contribution in [0.3, 0.4) is 0 Å². The fourth-order valence-electron chi connectivity index (χ4n) is 4.07. The number of Topliss-reactive ketones (excluding diaryl/α,β-unsaturated/α-hetero) is 1. The Kier molecular flexibility index (Phi) is 9.33. The molecular weight excluding hydrogens is 543 g/mol. The maximum atomic E-state index is 13.7. The summed E-state index contributed by atoms with van der Waals surface area (Å²) in [7, 11) is 0. The lowest BCUT2D eigenvalue weighted by Crippen LogP contribution is -2.22. The highest BCUT2D eigenvalue weighted by molar-refractivity contribution is 6.12. The third-order valence-electron chi connectivity index (χ3n) is 5.96. The molecule has 0 aliphatic rings. The number of ether oxygens (including phenoxy) is 2. The first-order valence-corrected chi connectivity index (χ1v) is 13.1. The van der Waals surface area contributed by atoms with Gasteiger partial charge in [-0.1, -0.05) is 24.3 Å². The van der Waals surface area contributed by atoms with Crippen LogP contribution in [0.5, 0.6) is 5.75 Å². The fourth-order valence-corrected chi connectivity index (χ4v) is 4.07. The molecule has 1 heterocycles. The van der Waals surface area contributed by atoms with Gasteiger partial charge in [0.05, 0.1) is 36.3 Å². The Labute approximate surface area is 242 Å². The van der Waals surface area contributed by atoms with Crippen LogP contribution in [0.2, 0.25) is 0 Å². The van der Waals surface area contributed by atoms with Crippen molar-refractivity contribution in [2.75, 3.05) is 23.8 Å². The van der Waals surface area contributed by atoms with Crippen molar-refractivity contribution in [3.05, 3.63) is 90.8 Å². The van der Waals surface area contributed by atoms with E-state index in [0.29, 0.717) is 22.4 Å².